The molecule has 2 bridgehead atoms. The maximum absolute atomic E-state index is 12.7. The molecule has 5 heteroatoms. The van der Waals surface area contributed by atoms with E-state index < -0.39 is 0 Å². The molecule has 1 N–H and O–H groups in total. The highest BCUT2D eigenvalue weighted by atomic mass is 16.2. The number of carbonyl (C=O) groups excluding carboxylic acids is 1. The van der Waals surface area contributed by atoms with Crippen LogP contribution in [-0.2, 0) is 7.05 Å². The first-order valence-electron chi connectivity index (χ1n) is 8.18. The molecule has 1 aromatic carbocycles. The van der Waals surface area contributed by atoms with Crippen molar-refractivity contribution in [3.63, 3.8) is 0 Å². The van der Waals surface area contributed by atoms with Crippen molar-refractivity contribution in [3.05, 3.63) is 35.5 Å². The van der Waals surface area contributed by atoms with Gasteiger partial charge in [0.25, 0.3) is 5.91 Å². The van der Waals surface area contributed by atoms with Crippen LogP contribution < -0.4 is 5.32 Å². The van der Waals surface area contributed by atoms with Crippen LogP contribution in [0, 0.1) is 17.2 Å². The van der Waals surface area contributed by atoms with E-state index in [-0.39, 0.29) is 11.9 Å². The number of nitrogens with zero attached hydrogens (tertiary/aromatic N) is 3. The van der Waals surface area contributed by atoms with Crippen LogP contribution in [0.2, 0.25) is 0 Å². The summed E-state index contributed by atoms with van der Waals surface area (Å²) in [4.78, 5) is 15.2. The number of amides is 1. The van der Waals surface area contributed by atoms with Gasteiger partial charge in [-0.1, -0.05) is 6.07 Å². The Balaban J connectivity index is 1.60. The number of benzene rings is 1. The van der Waals surface area contributed by atoms with Gasteiger partial charge in [0.2, 0.25) is 0 Å². The number of hydrogen-bond acceptors (Lipinski definition) is 3. The summed E-state index contributed by atoms with van der Waals surface area (Å²) in [5.41, 5.74) is 2.19. The SMILES string of the molecule is Cn1c(C(=O)NC2CN3CCC2CC3)cc2ccc(C#N)cc21. The van der Waals surface area contributed by atoms with E-state index in [1.54, 1.807) is 6.07 Å². The second-order valence-electron chi connectivity index (χ2n) is 6.69. The van der Waals surface area contributed by atoms with Crippen molar-refractivity contribution in [2.45, 2.75) is 18.9 Å². The minimum atomic E-state index is -0.0130. The maximum atomic E-state index is 12.7. The molecule has 1 atom stereocenters. The van der Waals surface area contributed by atoms with Gasteiger partial charge >= 0.3 is 0 Å². The molecule has 0 spiro atoms. The summed E-state index contributed by atoms with van der Waals surface area (Å²) in [6.45, 7) is 3.31. The van der Waals surface area contributed by atoms with Crippen molar-refractivity contribution in [3.8, 4) is 6.07 Å². The molecule has 3 saturated heterocycles. The second kappa shape index (κ2) is 5.39. The predicted molar refractivity (Wildman–Crippen MR) is 88.1 cm³/mol. The lowest BCUT2D eigenvalue weighted by Gasteiger charge is -2.44. The van der Waals surface area contributed by atoms with Crippen molar-refractivity contribution < 1.29 is 4.79 Å². The largest absolute Gasteiger partial charge is 0.346 e. The zero-order chi connectivity index (χ0) is 16.0. The number of rotatable bonds is 2. The molecule has 2 aromatic rings. The summed E-state index contributed by atoms with van der Waals surface area (Å²) in [5, 5.41) is 13.3. The van der Waals surface area contributed by atoms with Crippen LogP contribution >= 0.6 is 0 Å². The first-order valence-corrected chi connectivity index (χ1v) is 8.18. The third-order valence-corrected chi connectivity index (χ3v) is 5.38. The van der Waals surface area contributed by atoms with Gasteiger partial charge < -0.3 is 14.8 Å². The Morgan fingerprint density at radius 2 is 2.09 bits per heavy atom. The van der Waals surface area contributed by atoms with Gasteiger partial charge in [0.1, 0.15) is 5.69 Å². The van der Waals surface area contributed by atoms with Crippen LogP contribution in [0.1, 0.15) is 28.9 Å². The van der Waals surface area contributed by atoms with Gasteiger partial charge in [-0.3, -0.25) is 4.79 Å². The van der Waals surface area contributed by atoms with Crippen LogP contribution in [0.25, 0.3) is 10.9 Å². The molecule has 118 valence electrons. The van der Waals surface area contributed by atoms with E-state index in [0.717, 1.165) is 17.4 Å². The smallest absolute Gasteiger partial charge is 0.268 e. The fraction of sp³-hybridized carbons (Fsp3) is 0.444. The molecule has 0 saturated carbocycles. The minimum Gasteiger partial charge on any atom is -0.346 e. The molecule has 3 aliphatic heterocycles. The summed E-state index contributed by atoms with van der Waals surface area (Å²) in [6, 6.07) is 9.85. The Kier molecular flexibility index (Phi) is 3.35. The Hall–Kier alpha value is -2.32. The Morgan fingerprint density at radius 3 is 2.74 bits per heavy atom. The number of aromatic nitrogens is 1. The lowest BCUT2D eigenvalue weighted by atomic mass is 9.84. The first-order chi connectivity index (χ1) is 11.2. The summed E-state index contributed by atoms with van der Waals surface area (Å²) < 4.78 is 1.88. The molecule has 0 aliphatic carbocycles. The molecule has 1 amide bonds. The number of hydrogen-bond donors (Lipinski definition) is 1. The lowest BCUT2D eigenvalue weighted by molar-refractivity contribution is 0.0616. The van der Waals surface area contributed by atoms with Crippen molar-refractivity contribution in [1.82, 2.24) is 14.8 Å². The van der Waals surface area contributed by atoms with Crippen molar-refractivity contribution >= 4 is 16.8 Å². The number of piperidine rings is 3. The van der Waals surface area contributed by atoms with Crippen LogP contribution in [0.3, 0.4) is 0 Å². The summed E-state index contributed by atoms with van der Waals surface area (Å²) in [7, 11) is 1.88. The third kappa shape index (κ3) is 2.40. The summed E-state index contributed by atoms with van der Waals surface area (Å²) in [5.74, 6) is 0.602. The number of nitriles is 1. The van der Waals surface area contributed by atoms with E-state index in [0.29, 0.717) is 17.2 Å². The number of nitrogens with one attached hydrogen (secondary N) is 1. The molecule has 1 aromatic heterocycles. The first kappa shape index (κ1) is 14.3. The fourth-order valence-corrected chi connectivity index (χ4v) is 3.99. The van der Waals surface area contributed by atoms with Gasteiger partial charge in [-0.2, -0.15) is 5.26 Å². The van der Waals surface area contributed by atoms with Gasteiger partial charge in [-0.25, -0.2) is 0 Å². The van der Waals surface area contributed by atoms with E-state index in [9.17, 15) is 4.79 Å². The van der Waals surface area contributed by atoms with Gasteiger partial charge in [0, 0.05) is 30.5 Å². The number of fused-ring (bicyclic) bond motifs is 4. The zero-order valence-corrected chi connectivity index (χ0v) is 13.2. The molecule has 1 unspecified atom stereocenters. The van der Waals surface area contributed by atoms with Crippen LogP contribution in [0.5, 0.6) is 0 Å². The zero-order valence-electron chi connectivity index (χ0n) is 13.2. The topological polar surface area (TPSA) is 61.1 Å². The number of aryl methyl sites for hydroxylation is 1. The maximum Gasteiger partial charge on any atom is 0.268 e. The Bertz CT molecular complexity index is 808. The quantitative estimate of drug-likeness (QED) is 0.921. The highest BCUT2D eigenvalue weighted by Gasteiger charge is 2.35. The highest BCUT2D eigenvalue weighted by molar-refractivity contribution is 5.99. The van der Waals surface area contributed by atoms with Gasteiger partial charge in [0.05, 0.1) is 11.6 Å². The average Bonchev–Trinajstić information content (AvgIpc) is 2.92. The molecule has 4 heterocycles. The van der Waals surface area contributed by atoms with E-state index >= 15 is 0 Å². The average molecular weight is 308 g/mol. The molecule has 3 aliphatic rings. The lowest BCUT2D eigenvalue weighted by Crippen LogP contribution is -2.57. The Morgan fingerprint density at radius 1 is 1.30 bits per heavy atom. The molecular weight excluding hydrogens is 288 g/mol. The fourth-order valence-electron chi connectivity index (χ4n) is 3.99. The summed E-state index contributed by atoms with van der Waals surface area (Å²) in [6.07, 6.45) is 2.37. The van der Waals surface area contributed by atoms with Crippen LogP contribution in [0.15, 0.2) is 24.3 Å². The molecular formula is C18H20N4O. The van der Waals surface area contributed by atoms with Crippen LogP contribution in [0.4, 0.5) is 0 Å². The third-order valence-electron chi connectivity index (χ3n) is 5.38. The molecule has 5 rings (SSSR count). The predicted octanol–water partition coefficient (Wildman–Crippen LogP) is 1.87. The second-order valence-corrected chi connectivity index (χ2v) is 6.69. The molecule has 23 heavy (non-hydrogen) atoms. The number of carbonyl (C=O) groups is 1. The van der Waals surface area contributed by atoms with Gasteiger partial charge in [-0.05, 0) is 50.0 Å². The Labute approximate surface area is 135 Å². The van der Waals surface area contributed by atoms with Gasteiger partial charge in [0.15, 0.2) is 0 Å². The van der Waals surface area contributed by atoms with Crippen LogP contribution in [-0.4, -0.2) is 41.1 Å². The van der Waals surface area contributed by atoms with Crippen molar-refractivity contribution in [2.24, 2.45) is 13.0 Å². The van der Waals surface area contributed by atoms with E-state index in [1.165, 1.54) is 25.9 Å². The minimum absolute atomic E-state index is 0.0130. The standard InChI is InChI=1S/C18H20N4O/c1-21-16-8-12(10-19)2-3-14(16)9-17(21)18(23)20-15-11-22-6-4-13(15)5-7-22/h2-3,8-9,13,15H,4-7,11H2,1H3,(H,20,23). The highest BCUT2D eigenvalue weighted by Crippen LogP contribution is 2.28. The van der Waals surface area contributed by atoms with E-state index in [1.807, 2.05) is 29.8 Å². The molecule has 3 fully saturated rings. The summed E-state index contributed by atoms with van der Waals surface area (Å²) >= 11 is 0. The van der Waals surface area contributed by atoms with Gasteiger partial charge in [-0.15, -0.1) is 0 Å². The monoisotopic (exact) mass is 308 g/mol. The van der Waals surface area contributed by atoms with E-state index in [2.05, 4.69) is 16.3 Å². The molecule has 5 nitrogen and oxygen atoms in total. The van der Waals surface area contributed by atoms with Crippen molar-refractivity contribution in [2.75, 3.05) is 19.6 Å². The van der Waals surface area contributed by atoms with Crippen molar-refractivity contribution in [1.29, 1.82) is 5.26 Å². The normalized spacial score (nSPS) is 26.2. The van der Waals surface area contributed by atoms with E-state index in [4.69, 9.17) is 5.26 Å². The molecule has 0 radical (unpaired) electrons.